The zero-order chi connectivity index (χ0) is 19.9. The van der Waals surface area contributed by atoms with Crippen molar-refractivity contribution in [3.05, 3.63) is 28.8 Å². The van der Waals surface area contributed by atoms with E-state index in [0.29, 0.717) is 16.5 Å². The fraction of sp³-hybridized carbons (Fsp3) is 0.667. The third-order valence-corrected chi connectivity index (χ3v) is 8.16. The first-order chi connectivity index (χ1) is 13.1. The molecule has 5 fully saturated rings. The molecule has 12 heteroatoms. The van der Waals surface area contributed by atoms with Crippen LogP contribution in [0.4, 0.5) is 0 Å². The van der Waals surface area contributed by atoms with Gasteiger partial charge < -0.3 is 23.6 Å². The van der Waals surface area contributed by atoms with Gasteiger partial charge in [0.1, 0.15) is 13.6 Å². The van der Waals surface area contributed by atoms with Crippen molar-refractivity contribution in [2.45, 2.75) is 48.4 Å². The van der Waals surface area contributed by atoms with Gasteiger partial charge >= 0.3 is 59.1 Å². The van der Waals surface area contributed by atoms with Crippen LogP contribution in [0.3, 0.4) is 0 Å². The minimum Gasteiger partial charge on any atom is -0.780 e. The molecule has 30 heavy (non-hydrogen) atoms. The Morgan fingerprint density at radius 3 is 2.23 bits per heavy atom. The molecular formula is C18H19Cl2Na2O7P. The maximum absolute atomic E-state index is 11.0. The van der Waals surface area contributed by atoms with Crippen LogP contribution in [0.25, 0.3) is 0 Å². The number of phosphoric acid groups is 1. The molecule has 1 aromatic carbocycles. The van der Waals surface area contributed by atoms with E-state index in [1.54, 1.807) is 0 Å². The predicted molar refractivity (Wildman–Crippen MR) is 95.4 cm³/mol. The van der Waals surface area contributed by atoms with Gasteiger partial charge in [0.25, 0.3) is 5.79 Å². The van der Waals surface area contributed by atoms with Crippen molar-refractivity contribution in [2.24, 2.45) is 17.8 Å². The Hall–Kier alpha value is 1.63. The molecule has 0 amide bonds. The van der Waals surface area contributed by atoms with Crippen molar-refractivity contribution in [3.63, 3.8) is 0 Å². The summed E-state index contributed by atoms with van der Waals surface area (Å²) in [5, 5.41) is 0.304. The van der Waals surface area contributed by atoms with Crippen molar-refractivity contribution >= 4 is 31.0 Å². The number of ether oxygens (including phenoxy) is 1. The quantitative estimate of drug-likeness (QED) is 0.189. The van der Waals surface area contributed by atoms with Crippen molar-refractivity contribution in [2.75, 3.05) is 7.11 Å². The number of benzene rings is 1. The standard InChI is InChI=1S/C18H21Cl2O7P.2Na/c1-24-18(14-6-13(2-3-15(14)19)25-28(21,22)23)17(26-27-18)11-4-10-5-12(17)9-16(20,7-10)8-11;;/h2-3,6,10-12H,4-5,7-9H2,1H3,(H2,21,22,23);;/q;2*+1/p-2/t10?,11-,12-,16?,17?,18?;;/m0../s1. The van der Waals surface area contributed by atoms with E-state index in [1.165, 1.54) is 25.3 Å². The molecule has 3 atom stereocenters. The summed E-state index contributed by atoms with van der Waals surface area (Å²) in [5.41, 5.74) is -0.386. The average molecular weight is 495 g/mol. The first-order valence-corrected chi connectivity index (χ1v) is 11.4. The van der Waals surface area contributed by atoms with Crippen LogP contribution in [0.1, 0.15) is 37.7 Å². The molecule has 1 aromatic rings. The van der Waals surface area contributed by atoms with Gasteiger partial charge in [0, 0.05) is 22.6 Å². The molecule has 4 saturated carbocycles. The van der Waals surface area contributed by atoms with E-state index >= 15 is 0 Å². The van der Waals surface area contributed by atoms with E-state index in [2.05, 4.69) is 4.52 Å². The van der Waals surface area contributed by atoms with E-state index in [-0.39, 0.29) is 81.6 Å². The van der Waals surface area contributed by atoms with Gasteiger partial charge in [-0.2, -0.15) is 4.89 Å². The van der Waals surface area contributed by atoms with Crippen LogP contribution < -0.4 is 73.4 Å². The van der Waals surface area contributed by atoms with Gasteiger partial charge in [0.15, 0.2) is 5.60 Å². The molecule has 0 N–H and O–H groups in total. The molecule has 4 aliphatic carbocycles. The Morgan fingerprint density at radius 1 is 1.13 bits per heavy atom. The summed E-state index contributed by atoms with van der Waals surface area (Å²) >= 11 is 13.3. The number of rotatable bonds is 4. The van der Waals surface area contributed by atoms with E-state index in [4.69, 9.17) is 37.7 Å². The third-order valence-electron chi connectivity index (χ3n) is 6.94. The van der Waals surface area contributed by atoms with Gasteiger partial charge in [-0.25, -0.2) is 4.89 Å². The van der Waals surface area contributed by atoms with Crippen LogP contribution in [0.15, 0.2) is 18.2 Å². The molecule has 1 saturated heterocycles. The minimum absolute atomic E-state index is 0. The SMILES string of the molecule is COC1(c2cc(OP(=O)([O-])[O-])ccc2Cl)OOC12[C@H]1CC3C[C@H]2CC(Cl)(C3)C1.[Na+].[Na+]. The smallest absolute Gasteiger partial charge is 0.780 e. The molecule has 1 heterocycles. The molecule has 1 aliphatic heterocycles. The Labute approximate surface area is 229 Å². The number of halogens is 2. The minimum atomic E-state index is -5.22. The summed E-state index contributed by atoms with van der Waals surface area (Å²) in [6.45, 7) is 0. The molecule has 6 rings (SSSR count). The van der Waals surface area contributed by atoms with Gasteiger partial charge in [0.2, 0.25) is 0 Å². The summed E-state index contributed by atoms with van der Waals surface area (Å²) in [4.78, 5) is 33.3. The fourth-order valence-electron chi connectivity index (χ4n) is 6.26. The molecule has 7 nitrogen and oxygen atoms in total. The number of phosphoric ester groups is 1. The number of methoxy groups -OCH3 is 1. The van der Waals surface area contributed by atoms with E-state index < -0.39 is 19.2 Å². The van der Waals surface area contributed by atoms with Gasteiger partial charge in [-0.3, -0.25) is 0 Å². The second-order valence-corrected chi connectivity index (χ2v) is 10.7. The largest absolute Gasteiger partial charge is 1.00 e. The molecular weight excluding hydrogens is 476 g/mol. The summed E-state index contributed by atoms with van der Waals surface area (Å²) < 4.78 is 21.5. The monoisotopic (exact) mass is 494 g/mol. The first-order valence-electron chi connectivity index (χ1n) is 9.23. The van der Waals surface area contributed by atoms with Crippen LogP contribution in [0, 0.1) is 17.8 Å². The normalized spacial score (nSPS) is 41.0. The zero-order valence-electron chi connectivity index (χ0n) is 17.1. The van der Waals surface area contributed by atoms with Crippen molar-refractivity contribution < 1.29 is 92.5 Å². The van der Waals surface area contributed by atoms with Crippen molar-refractivity contribution in [1.29, 1.82) is 0 Å². The first kappa shape index (κ1) is 26.2. The molecule has 1 unspecified atom stereocenters. The van der Waals surface area contributed by atoms with E-state index in [1.807, 2.05) is 0 Å². The second kappa shape index (κ2) is 8.69. The van der Waals surface area contributed by atoms with Crippen molar-refractivity contribution in [1.82, 2.24) is 0 Å². The van der Waals surface area contributed by atoms with Gasteiger partial charge in [-0.15, -0.1) is 11.6 Å². The second-order valence-electron chi connectivity index (χ2n) is 8.46. The Kier molecular flexibility index (Phi) is 7.60. The number of hydrogen-bond donors (Lipinski definition) is 0. The molecule has 1 spiro atoms. The van der Waals surface area contributed by atoms with Gasteiger partial charge in [-0.1, -0.05) is 11.6 Å². The molecule has 0 aromatic heterocycles. The summed E-state index contributed by atoms with van der Waals surface area (Å²) in [5.74, 6) is -0.676. The number of hydrogen-bond acceptors (Lipinski definition) is 7. The van der Waals surface area contributed by atoms with Gasteiger partial charge in [0.05, 0.1) is 0 Å². The Morgan fingerprint density at radius 2 is 1.77 bits per heavy atom. The fourth-order valence-corrected chi connectivity index (χ4v) is 7.46. The zero-order valence-corrected chi connectivity index (χ0v) is 23.5. The molecule has 4 bridgehead atoms. The van der Waals surface area contributed by atoms with E-state index in [0.717, 1.165) is 32.1 Å². The predicted octanol–water partition coefficient (Wildman–Crippen LogP) is -3.13. The molecule has 5 aliphatic rings. The summed E-state index contributed by atoms with van der Waals surface area (Å²) in [7, 11) is -3.72. The molecule has 0 radical (unpaired) electrons. The summed E-state index contributed by atoms with van der Waals surface area (Å²) in [6.07, 6.45) is 4.53. The van der Waals surface area contributed by atoms with Crippen LogP contribution in [-0.4, -0.2) is 17.6 Å². The third kappa shape index (κ3) is 3.83. The van der Waals surface area contributed by atoms with Crippen LogP contribution >= 0.6 is 31.0 Å². The maximum atomic E-state index is 11.0. The Balaban J connectivity index is 0.00000128. The van der Waals surface area contributed by atoms with Gasteiger partial charge in [-0.05, 0) is 68.1 Å². The van der Waals surface area contributed by atoms with Crippen LogP contribution in [0.5, 0.6) is 5.75 Å². The van der Waals surface area contributed by atoms with Crippen LogP contribution in [-0.2, 0) is 24.9 Å². The molecule has 154 valence electrons. The van der Waals surface area contributed by atoms with Crippen molar-refractivity contribution in [3.8, 4) is 5.75 Å². The average Bonchev–Trinajstić information content (AvgIpc) is 2.54. The van der Waals surface area contributed by atoms with E-state index in [9.17, 15) is 14.4 Å². The topological polar surface area (TPSA) is 100 Å². The maximum Gasteiger partial charge on any atom is 1.00 e. The Bertz CT molecular complexity index is 864. The number of alkyl halides is 1. The summed E-state index contributed by atoms with van der Waals surface area (Å²) in [6, 6.07) is 4.14. The van der Waals surface area contributed by atoms with Crippen LogP contribution in [0.2, 0.25) is 5.02 Å².